The van der Waals surface area contributed by atoms with Crippen LogP contribution in [0.5, 0.6) is 0 Å². The van der Waals surface area contributed by atoms with Crippen molar-refractivity contribution in [1.82, 2.24) is 23.6 Å². The molecule has 0 aliphatic carbocycles. The third kappa shape index (κ3) is 2.78. The molecule has 1 aliphatic rings. The monoisotopic (exact) mass is 387 g/mol. The number of hydrogen-bond donors (Lipinski definition) is 0. The fourth-order valence-electron chi connectivity index (χ4n) is 4.26. The lowest BCUT2D eigenvalue weighted by atomic mass is 10.2. The molecule has 0 bridgehead atoms. The Hall–Kier alpha value is -2.19. The van der Waals surface area contributed by atoms with Gasteiger partial charge in [0, 0.05) is 19.6 Å². The van der Waals surface area contributed by atoms with E-state index in [-0.39, 0.29) is 6.04 Å². The topological polar surface area (TPSA) is 73.0 Å². The van der Waals surface area contributed by atoms with E-state index in [2.05, 4.69) is 14.6 Å². The SMILES string of the molecule is CCn1nc(C)c(S(=O)(=O)N2CC[C@H](n3c(C)nc4ccccc43)C2)c1C. The number of nitrogens with zero attached hydrogens (tertiary/aromatic N) is 5. The molecular weight excluding hydrogens is 362 g/mol. The highest BCUT2D eigenvalue weighted by Gasteiger charge is 2.37. The summed E-state index contributed by atoms with van der Waals surface area (Å²) >= 11 is 0. The van der Waals surface area contributed by atoms with Gasteiger partial charge >= 0.3 is 0 Å². The summed E-state index contributed by atoms with van der Waals surface area (Å²) in [6.45, 7) is 9.18. The lowest BCUT2D eigenvalue weighted by molar-refractivity contribution is 0.451. The maximum absolute atomic E-state index is 13.3. The van der Waals surface area contributed by atoms with Crippen LogP contribution in [0.25, 0.3) is 11.0 Å². The number of benzene rings is 1. The Labute approximate surface area is 159 Å². The highest BCUT2D eigenvalue weighted by molar-refractivity contribution is 7.89. The molecule has 3 aromatic rings. The van der Waals surface area contributed by atoms with Gasteiger partial charge in [-0.3, -0.25) is 4.68 Å². The molecule has 0 radical (unpaired) electrons. The predicted octanol–water partition coefficient (Wildman–Crippen LogP) is 2.81. The van der Waals surface area contributed by atoms with E-state index in [9.17, 15) is 8.42 Å². The van der Waals surface area contributed by atoms with Crippen LogP contribution >= 0.6 is 0 Å². The zero-order chi connectivity index (χ0) is 19.3. The third-order valence-electron chi connectivity index (χ3n) is 5.48. The van der Waals surface area contributed by atoms with Crippen molar-refractivity contribution in [3.63, 3.8) is 0 Å². The first kappa shape index (κ1) is 18.2. The number of aryl methyl sites for hydroxylation is 3. The number of hydrogen-bond acceptors (Lipinski definition) is 4. The molecule has 4 rings (SSSR count). The molecule has 0 amide bonds. The van der Waals surface area contributed by atoms with Crippen LogP contribution < -0.4 is 0 Å². The van der Waals surface area contributed by atoms with Gasteiger partial charge in [0.25, 0.3) is 0 Å². The first-order chi connectivity index (χ1) is 12.8. The Balaban J connectivity index is 1.68. The smallest absolute Gasteiger partial charge is 0.246 e. The molecule has 0 saturated carbocycles. The quantitative estimate of drug-likeness (QED) is 0.690. The molecule has 0 unspecified atom stereocenters. The standard InChI is InChI=1S/C19H25N5O2S/c1-5-23-14(3)19(13(2)21-23)27(25,26)22-11-10-16(12-22)24-15(4)20-17-8-6-7-9-18(17)24/h6-9,16H,5,10-12H2,1-4H3/t16-/m0/s1. The van der Waals surface area contributed by atoms with Crippen LogP contribution in [0.4, 0.5) is 0 Å². The Morgan fingerprint density at radius 3 is 2.63 bits per heavy atom. The van der Waals surface area contributed by atoms with Crippen LogP contribution in [0.3, 0.4) is 0 Å². The van der Waals surface area contributed by atoms with Crippen LogP contribution in [0, 0.1) is 20.8 Å². The van der Waals surface area contributed by atoms with Crippen LogP contribution in [0.15, 0.2) is 29.2 Å². The normalized spacial score (nSPS) is 18.6. The molecule has 1 aliphatic heterocycles. The van der Waals surface area contributed by atoms with E-state index >= 15 is 0 Å². The Morgan fingerprint density at radius 1 is 1.19 bits per heavy atom. The first-order valence-corrected chi connectivity index (χ1v) is 10.8. The summed E-state index contributed by atoms with van der Waals surface area (Å²) in [5, 5.41) is 4.39. The molecule has 8 heteroatoms. The average Bonchev–Trinajstić information content (AvgIpc) is 3.29. The largest absolute Gasteiger partial charge is 0.324 e. The van der Waals surface area contributed by atoms with Crippen molar-refractivity contribution in [3.8, 4) is 0 Å². The van der Waals surface area contributed by atoms with Crippen molar-refractivity contribution in [2.24, 2.45) is 0 Å². The zero-order valence-electron chi connectivity index (χ0n) is 16.2. The molecule has 7 nitrogen and oxygen atoms in total. The number of imidazole rings is 1. The number of sulfonamides is 1. The third-order valence-corrected chi connectivity index (χ3v) is 7.59. The molecular formula is C19H25N5O2S. The summed E-state index contributed by atoms with van der Waals surface area (Å²) in [6, 6.07) is 8.10. The second kappa shape index (κ2) is 6.45. The van der Waals surface area contributed by atoms with Gasteiger partial charge in [0.05, 0.1) is 28.5 Å². The van der Waals surface area contributed by atoms with Gasteiger partial charge < -0.3 is 4.57 Å². The summed E-state index contributed by atoms with van der Waals surface area (Å²) in [5.74, 6) is 0.923. The van der Waals surface area contributed by atoms with E-state index < -0.39 is 10.0 Å². The van der Waals surface area contributed by atoms with Gasteiger partial charge in [-0.15, -0.1) is 0 Å². The van der Waals surface area contributed by atoms with Crippen LogP contribution in [-0.2, 0) is 16.6 Å². The summed E-state index contributed by atoms with van der Waals surface area (Å²) in [7, 11) is -3.56. The lowest BCUT2D eigenvalue weighted by Crippen LogP contribution is -2.30. The van der Waals surface area contributed by atoms with Crippen molar-refractivity contribution in [2.45, 2.75) is 51.6 Å². The van der Waals surface area contributed by atoms with Crippen molar-refractivity contribution in [1.29, 1.82) is 0 Å². The van der Waals surface area contributed by atoms with E-state index in [1.807, 2.05) is 45.0 Å². The number of rotatable bonds is 4. The van der Waals surface area contributed by atoms with Crippen molar-refractivity contribution in [2.75, 3.05) is 13.1 Å². The lowest BCUT2D eigenvalue weighted by Gasteiger charge is -2.18. The molecule has 0 spiro atoms. The summed E-state index contributed by atoms with van der Waals surface area (Å²) < 4.78 is 32.2. The van der Waals surface area contributed by atoms with Crippen molar-refractivity contribution < 1.29 is 8.42 Å². The van der Waals surface area contributed by atoms with E-state index in [1.165, 1.54) is 0 Å². The van der Waals surface area contributed by atoms with Gasteiger partial charge in [-0.1, -0.05) is 12.1 Å². The maximum atomic E-state index is 13.3. The molecule has 1 fully saturated rings. The predicted molar refractivity (Wildman–Crippen MR) is 104 cm³/mol. The Kier molecular flexibility index (Phi) is 4.35. The van der Waals surface area contributed by atoms with Crippen LogP contribution in [0.1, 0.15) is 36.6 Å². The van der Waals surface area contributed by atoms with Gasteiger partial charge in [-0.25, -0.2) is 13.4 Å². The Bertz CT molecular complexity index is 1110. The van der Waals surface area contributed by atoms with E-state index in [0.717, 1.165) is 23.3 Å². The van der Waals surface area contributed by atoms with Gasteiger partial charge in [0.15, 0.2) is 0 Å². The molecule has 3 heterocycles. The second-order valence-corrected chi connectivity index (χ2v) is 9.01. The van der Waals surface area contributed by atoms with E-state index in [4.69, 9.17) is 0 Å². The minimum Gasteiger partial charge on any atom is -0.324 e. The van der Waals surface area contributed by atoms with Crippen molar-refractivity contribution in [3.05, 3.63) is 41.5 Å². The van der Waals surface area contributed by atoms with Crippen LogP contribution in [-0.4, -0.2) is 45.1 Å². The summed E-state index contributed by atoms with van der Waals surface area (Å²) in [5.41, 5.74) is 3.29. The average molecular weight is 388 g/mol. The van der Waals surface area contributed by atoms with E-state index in [0.29, 0.717) is 35.9 Å². The molecule has 1 saturated heterocycles. The zero-order valence-corrected chi connectivity index (χ0v) is 17.0. The van der Waals surface area contributed by atoms with Crippen LogP contribution in [0.2, 0.25) is 0 Å². The van der Waals surface area contributed by atoms with E-state index in [1.54, 1.807) is 15.9 Å². The fourth-order valence-corrected chi connectivity index (χ4v) is 6.12. The highest BCUT2D eigenvalue weighted by atomic mass is 32.2. The van der Waals surface area contributed by atoms with Gasteiger partial charge in [0.2, 0.25) is 10.0 Å². The van der Waals surface area contributed by atoms with Gasteiger partial charge in [-0.05, 0) is 46.2 Å². The number of fused-ring (bicyclic) bond motifs is 1. The minimum atomic E-state index is -3.56. The highest BCUT2D eigenvalue weighted by Crippen LogP contribution is 2.32. The second-order valence-electron chi connectivity index (χ2n) is 7.14. The summed E-state index contributed by atoms with van der Waals surface area (Å²) in [6.07, 6.45) is 0.778. The first-order valence-electron chi connectivity index (χ1n) is 9.32. The molecule has 1 aromatic carbocycles. The van der Waals surface area contributed by atoms with Gasteiger partial charge in [0.1, 0.15) is 10.7 Å². The number of aromatic nitrogens is 4. The maximum Gasteiger partial charge on any atom is 0.246 e. The minimum absolute atomic E-state index is 0.0917. The fraction of sp³-hybridized carbons (Fsp3) is 0.474. The molecule has 2 aromatic heterocycles. The van der Waals surface area contributed by atoms with Gasteiger partial charge in [-0.2, -0.15) is 9.40 Å². The molecule has 144 valence electrons. The molecule has 0 N–H and O–H groups in total. The Morgan fingerprint density at radius 2 is 1.93 bits per heavy atom. The number of para-hydroxylation sites is 2. The molecule has 27 heavy (non-hydrogen) atoms. The molecule has 1 atom stereocenters. The summed E-state index contributed by atoms with van der Waals surface area (Å²) in [4.78, 5) is 4.99. The van der Waals surface area contributed by atoms with Crippen molar-refractivity contribution >= 4 is 21.1 Å².